The van der Waals surface area contributed by atoms with Crippen LogP contribution in [-0.2, 0) is 17.8 Å². The van der Waals surface area contributed by atoms with Gasteiger partial charge in [0.15, 0.2) is 11.5 Å². The van der Waals surface area contributed by atoms with Gasteiger partial charge in [-0.05, 0) is 159 Å². The fraction of sp³-hybridized carbons (Fsp3) is 0.462. The van der Waals surface area contributed by atoms with E-state index in [4.69, 9.17) is 24.9 Å². The summed E-state index contributed by atoms with van der Waals surface area (Å²) in [7, 11) is 0. The van der Waals surface area contributed by atoms with Crippen LogP contribution in [0.1, 0.15) is 86.0 Å². The van der Waals surface area contributed by atoms with E-state index in [0.29, 0.717) is 42.5 Å². The molecule has 2 saturated heterocycles. The number of piperidine rings is 2. The molecule has 0 aliphatic carbocycles. The molecule has 2 aliphatic rings. The molecule has 0 saturated carbocycles. The maximum atomic E-state index is 12.3. The number of carbonyl (C=O) groups excluding carboxylic acids is 1. The number of likely N-dealkylation sites (tertiary alicyclic amines) is 1. The molecule has 0 atom stereocenters. The van der Waals surface area contributed by atoms with Crippen LogP contribution in [0, 0.1) is 11.8 Å². The SMILES string of the molecule is CCOc1ccc(-n2cnc3cnc(Nc4cnn(CCCC5CCNCC5)c4)nc32)cc1.CCOc1ccc(Nc2nc(Nc3cnn(CCCC4CCN(C(=O)OC(C)(C)C)CC4)c3)ncc2N)cc1.Cl. The van der Waals surface area contributed by atoms with E-state index in [9.17, 15) is 4.79 Å². The van der Waals surface area contributed by atoms with Gasteiger partial charge in [0.1, 0.15) is 28.9 Å². The van der Waals surface area contributed by atoms with Crippen molar-refractivity contribution in [2.75, 3.05) is 61.1 Å². The smallest absolute Gasteiger partial charge is 0.410 e. The van der Waals surface area contributed by atoms with Crippen LogP contribution >= 0.6 is 12.4 Å². The zero-order valence-electron chi connectivity index (χ0n) is 42.7. The molecule has 2 fully saturated rings. The third kappa shape index (κ3) is 15.9. The standard InChI is InChI=1S/C28H40N8O3.C24H30N8O.ClH/c1-5-38-23-10-8-21(9-11-23)32-25-24(29)18-30-26(34-25)33-22-17-31-36(19-22)14-6-7-20-12-15-35(16-13-20)27(37)39-28(2,3)4;1-2-33-21-7-5-20(6-8-21)32-17-27-22-15-26-24(30-23(22)32)29-19-14-28-31(16-19)13-3-4-18-9-11-25-12-10-18;/h8-11,17-20H,5-7,12-16,29H2,1-4H3,(H2,30,32,33,34);5-8,14-18,25H,2-4,9-13H2,1H3,(H,26,29,30);1H. The Morgan fingerprint density at radius 3 is 1.86 bits per heavy atom. The molecule has 6 N–H and O–H groups in total. The number of anilines is 7. The summed E-state index contributed by atoms with van der Waals surface area (Å²) < 4.78 is 22.4. The van der Waals surface area contributed by atoms with Crippen LogP contribution in [0.5, 0.6) is 11.5 Å². The van der Waals surface area contributed by atoms with Crippen molar-refractivity contribution in [1.82, 2.24) is 59.3 Å². The van der Waals surface area contributed by atoms with Crippen LogP contribution in [0.25, 0.3) is 16.9 Å². The first-order valence-corrected chi connectivity index (χ1v) is 25.3. The monoisotopic (exact) mass is 1020 g/mol. The Morgan fingerprint density at radius 2 is 1.27 bits per heavy atom. The lowest BCUT2D eigenvalue weighted by atomic mass is 9.92. The lowest BCUT2D eigenvalue weighted by Crippen LogP contribution is -2.41. The highest BCUT2D eigenvalue weighted by atomic mass is 35.5. The number of imidazole rings is 1. The van der Waals surface area contributed by atoms with E-state index in [1.165, 1.54) is 19.3 Å². The van der Waals surface area contributed by atoms with E-state index in [-0.39, 0.29) is 18.5 Å². The molecule has 390 valence electrons. The van der Waals surface area contributed by atoms with Crippen molar-refractivity contribution < 1.29 is 19.0 Å². The van der Waals surface area contributed by atoms with Gasteiger partial charge in [-0.15, -0.1) is 12.4 Å². The Morgan fingerprint density at radius 1 is 0.712 bits per heavy atom. The molecule has 5 aromatic heterocycles. The molecular formula is C52H71ClN16O4. The van der Waals surface area contributed by atoms with E-state index in [0.717, 1.165) is 123 Å². The van der Waals surface area contributed by atoms with Gasteiger partial charge in [-0.3, -0.25) is 13.9 Å². The molecule has 0 unspecified atom stereocenters. The van der Waals surface area contributed by atoms with Gasteiger partial charge >= 0.3 is 6.09 Å². The minimum atomic E-state index is -0.457. The van der Waals surface area contributed by atoms with Crippen LogP contribution in [0.3, 0.4) is 0 Å². The van der Waals surface area contributed by atoms with Gasteiger partial charge in [-0.2, -0.15) is 20.2 Å². The fourth-order valence-electron chi connectivity index (χ4n) is 8.76. The Labute approximate surface area is 433 Å². The maximum Gasteiger partial charge on any atom is 0.410 e. The predicted molar refractivity (Wildman–Crippen MR) is 288 cm³/mol. The molecule has 2 aliphatic heterocycles. The molecule has 0 spiro atoms. The van der Waals surface area contributed by atoms with Crippen LogP contribution in [0.15, 0.2) is 92.0 Å². The summed E-state index contributed by atoms with van der Waals surface area (Å²) in [6, 6.07) is 15.5. The zero-order chi connectivity index (χ0) is 50.3. The number of aromatic nitrogens is 10. The van der Waals surface area contributed by atoms with Gasteiger partial charge in [-0.1, -0.05) is 0 Å². The molecule has 0 radical (unpaired) electrons. The second-order valence-electron chi connectivity index (χ2n) is 19.1. The first-order valence-electron chi connectivity index (χ1n) is 25.3. The summed E-state index contributed by atoms with van der Waals surface area (Å²) in [6.07, 6.45) is 21.5. The lowest BCUT2D eigenvalue weighted by Gasteiger charge is -2.33. The number of fused-ring (bicyclic) bond motifs is 1. The lowest BCUT2D eigenvalue weighted by molar-refractivity contribution is 0.0180. The van der Waals surface area contributed by atoms with Crippen molar-refractivity contribution in [3.05, 3.63) is 92.0 Å². The Hall–Kier alpha value is -7.19. The number of nitrogens with one attached hydrogen (secondary N) is 4. The summed E-state index contributed by atoms with van der Waals surface area (Å²) >= 11 is 0. The number of amides is 1. The number of nitrogens with two attached hydrogens (primary N) is 1. The normalized spacial score (nSPS) is 14.2. The summed E-state index contributed by atoms with van der Waals surface area (Å²) in [4.78, 5) is 36.5. The Kier molecular flexibility index (Phi) is 19.1. The predicted octanol–water partition coefficient (Wildman–Crippen LogP) is 9.92. The summed E-state index contributed by atoms with van der Waals surface area (Å²) in [5, 5.41) is 22.1. The van der Waals surface area contributed by atoms with Crippen LogP contribution in [0.2, 0.25) is 0 Å². The minimum absolute atomic E-state index is 0. The number of nitrogens with zero attached hydrogens (tertiary/aromatic N) is 11. The van der Waals surface area contributed by atoms with Crippen molar-refractivity contribution in [3.8, 4) is 17.2 Å². The van der Waals surface area contributed by atoms with Crippen molar-refractivity contribution in [2.24, 2.45) is 11.8 Å². The molecule has 7 aromatic rings. The first kappa shape index (κ1) is 53.6. The van der Waals surface area contributed by atoms with Crippen molar-refractivity contribution in [3.63, 3.8) is 0 Å². The first-order chi connectivity index (χ1) is 35.0. The Balaban J connectivity index is 0.000000213. The van der Waals surface area contributed by atoms with Crippen LogP contribution in [-0.4, -0.2) is 105 Å². The third-order valence-electron chi connectivity index (χ3n) is 12.5. The average molecular weight is 1020 g/mol. The Bertz CT molecular complexity index is 2780. The van der Waals surface area contributed by atoms with Crippen molar-refractivity contribution >= 4 is 70.1 Å². The van der Waals surface area contributed by atoms with E-state index in [1.807, 2.05) is 121 Å². The maximum absolute atomic E-state index is 12.3. The van der Waals surface area contributed by atoms with Crippen LogP contribution < -0.4 is 36.5 Å². The third-order valence-corrected chi connectivity index (χ3v) is 12.5. The number of aryl methyl sites for hydroxylation is 2. The zero-order valence-corrected chi connectivity index (χ0v) is 43.5. The van der Waals surface area contributed by atoms with Gasteiger partial charge in [0, 0.05) is 49.9 Å². The number of halogens is 1. The topological polar surface area (TPSA) is 227 Å². The van der Waals surface area contributed by atoms with E-state index in [1.54, 1.807) is 24.9 Å². The number of rotatable bonds is 19. The van der Waals surface area contributed by atoms with E-state index >= 15 is 0 Å². The van der Waals surface area contributed by atoms with Gasteiger partial charge in [-0.25, -0.2) is 19.7 Å². The minimum Gasteiger partial charge on any atom is -0.494 e. The number of benzene rings is 2. The number of hydrogen-bond donors (Lipinski definition) is 5. The molecule has 20 nitrogen and oxygen atoms in total. The van der Waals surface area contributed by atoms with Gasteiger partial charge < -0.3 is 46.1 Å². The highest BCUT2D eigenvalue weighted by Crippen LogP contribution is 2.27. The molecule has 9 rings (SSSR count). The summed E-state index contributed by atoms with van der Waals surface area (Å²) in [5.41, 5.74) is 11.1. The quantitative estimate of drug-likeness (QED) is 0.0508. The molecule has 0 bridgehead atoms. The number of nitrogen functional groups attached to an aromatic ring is 1. The second-order valence-corrected chi connectivity index (χ2v) is 19.1. The fourth-order valence-corrected chi connectivity index (χ4v) is 8.76. The number of ether oxygens (including phenoxy) is 3. The number of hydrogen-bond acceptors (Lipinski definition) is 16. The highest BCUT2D eigenvalue weighted by Gasteiger charge is 2.27. The highest BCUT2D eigenvalue weighted by molar-refractivity contribution is 5.85. The molecule has 1 amide bonds. The largest absolute Gasteiger partial charge is 0.494 e. The van der Waals surface area contributed by atoms with E-state index in [2.05, 4.69) is 51.4 Å². The number of carbonyl (C=O) groups is 1. The average Bonchev–Trinajstić information content (AvgIpc) is 4.14. The second kappa shape index (κ2) is 26.0. The van der Waals surface area contributed by atoms with Crippen LogP contribution in [0.4, 0.5) is 45.3 Å². The molecular weight excluding hydrogens is 948 g/mol. The molecule has 73 heavy (non-hydrogen) atoms. The van der Waals surface area contributed by atoms with Gasteiger partial charge in [0.25, 0.3) is 0 Å². The summed E-state index contributed by atoms with van der Waals surface area (Å²) in [6.45, 7) is 16.5. The molecule has 21 heteroatoms. The van der Waals surface area contributed by atoms with Crippen molar-refractivity contribution in [1.29, 1.82) is 0 Å². The molecule has 2 aromatic carbocycles. The molecule has 7 heterocycles. The van der Waals surface area contributed by atoms with Gasteiger partial charge in [0.2, 0.25) is 11.9 Å². The summed E-state index contributed by atoms with van der Waals surface area (Å²) in [5.74, 6) is 4.57. The van der Waals surface area contributed by atoms with Crippen molar-refractivity contribution in [2.45, 2.75) is 105 Å². The van der Waals surface area contributed by atoms with E-state index < -0.39 is 5.60 Å². The van der Waals surface area contributed by atoms with Gasteiger partial charge in [0.05, 0.1) is 55.1 Å².